The molecule has 1 aromatic carbocycles. The number of fused-ring (bicyclic) bond motifs is 1. The molecule has 0 amide bonds. The summed E-state index contributed by atoms with van der Waals surface area (Å²) in [4.78, 5) is 6.25. The number of hydrogen-bond donors (Lipinski definition) is 0. The fourth-order valence-electron chi connectivity index (χ4n) is 3.94. The van der Waals surface area contributed by atoms with Crippen LogP contribution in [0.3, 0.4) is 0 Å². The summed E-state index contributed by atoms with van der Waals surface area (Å²) in [5.74, 6) is 0. The Morgan fingerprint density at radius 3 is 3.04 bits per heavy atom. The van der Waals surface area contributed by atoms with E-state index < -0.39 is 0 Å². The van der Waals surface area contributed by atoms with Gasteiger partial charge in [-0.15, -0.1) is 11.3 Å². The first-order valence-electron chi connectivity index (χ1n) is 9.29. The predicted molar refractivity (Wildman–Crippen MR) is 110 cm³/mol. The summed E-state index contributed by atoms with van der Waals surface area (Å²) in [7, 11) is 1.77. The van der Waals surface area contributed by atoms with Gasteiger partial charge in [0.05, 0.1) is 22.6 Å². The van der Waals surface area contributed by atoms with Crippen LogP contribution < -0.4 is 0 Å². The quantitative estimate of drug-likeness (QED) is 0.505. The SMILES string of the molecule is CO[C@]1(c2csc(Sc3ccc4c(c3)CC/C4=N\OCC#N)c2)CCO[C@@H]1C. The first-order chi connectivity index (χ1) is 13.7. The summed E-state index contributed by atoms with van der Waals surface area (Å²) < 4.78 is 12.9. The molecule has 2 aromatic rings. The second-order valence-corrected chi connectivity index (χ2v) is 9.19. The lowest BCUT2D eigenvalue weighted by atomic mass is 9.90. The maximum Gasteiger partial charge on any atom is 0.202 e. The Balaban J connectivity index is 1.50. The molecule has 1 aliphatic heterocycles. The summed E-state index contributed by atoms with van der Waals surface area (Å²) in [6.07, 6.45) is 2.76. The van der Waals surface area contributed by atoms with Crippen molar-refractivity contribution in [2.75, 3.05) is 20.3 Å². The zero-order valence-electron chi connectivity index (χ0n) is 15.9. The van der Waals surface area contributed by atoms with Gasteiger partial charge in [-0.05, 0) is 54.5 Å². The van der Waals surface area contributed by atoms with E-state index in [1.54, 1.807) is 30.2 Å². The van der Waals surface area contributed by atoms with Gasteiger partial charge in [0.15, 0.2) is 0 Å². The minimum Gasteiger partial charge on any atom is -0.380 e. The van der Waals surface area contributed by atoms with Crippen molar-refractivity contribution in [2.45, 2.75) is 47.0 Å². The molecule has 0 bridgehead atoms. The van der Waals surface area contributed by atoms with E-state index >= 15 is 0 Å². The minimum atomic E-state index is -0.331. The highest BCUT2D eigenvalue weighted by molar-refractivity contribution is 8.01. The van der Waals surface area contributed by atoms with Crippen molar-refractivity contribution in [3.05, 3.63) is 46.3 Å². The van der Waals surface area contributed by atoms with Gasteiger partial charge in [0.25, 0.3) is 0 Å². The molecule has 2 heterocycles. The molecule has 0 spiro atoms. The fraction of sp³-hybridized carbons (Fsp3) is 0.429. The van der Waals surface area contributed by atoms with Crippen molar-refractivity contribution in [3.63, 3.8) is 0 Å². The van der Waals surface area contributed by atoms with Gasteiger partial charge >= 0.3 is 0 Å². The van der Waals surface area contributed by atoms with Gasteiger partial charge < -0.3 is 14.3 Å². The lowest BCUT2D eigenvalue weighted by molar-refractivity contribution is -0.0645. The fourth-order valence-corrected chi connectivity index (χ4v) is 6.03. The molecule has 1 aromatic heterocycles. The van der Waals surface area contributed by atoms with Gasteiger partial charge in [0, 0.05) is 24.0 Å². The van der Waals surface area contributed by atoms with Crippen LogP contribution in [0, 0.1) is 11.3 Å². The Morgan fingerprint density at radius 2 is 2.29 bits per heavy atom. The van der Waals surface area contributed by atoms with Crippen LogP contribution in [0.2, 0.25) is 0 Å². The minimum absolute atomic E-state index is 0.0138. The van der Waals surface area contributed by atoms with Gasteiger partial charge in [-0.1, -0.05) is 23.0 Å². The number of benzene rings is 1. The first kappa shape index (κ1) is 19.5. The molecule has 0 N–H and O–H groups in total. The lowest BCUT2D eigenvalue weighted by Crippen LogP contribution is -2.35. The Bertz CT molecular complexity index is 934. The topological polar surface area (TPSA) is 63.8 Å². The maximum atomic E-state index is 8.57. The number of hydrogen-bond acceptors (Lipinski definition) is 7. The highest BCUT2D eigenvalue weighted by Crippen LogP contribution is 2.44. The maximum absolute atomic E-state index is 8.57. The molecular weight excluding hydrogens is 392 g/mol. The van der Waals surface area contributed by atoms with E-state index in [4.69, 9.17) is 19.6 Å². The van der Waals surface area contributed by atoms with Crippen molar-refractivity contribution in [1.29, 1.82) is 5.26 Å². The summed E-state index contributed by atoms with van der Waals surface area (Å²) in [5, 5.41) is 14.9. The molecule has 1 saturated heterocycles. The van der Waals surface area contributed by atoms with Crippen LogP contribution in [-0.2, 0) is 26.3 Å². The smallest absolute Gasteiger partial charge is 0.202 e. The molecule has 0 saturated carbocycles. The van der Waals surface area contributed by atoms with E-state index in [0.717, 1.165) is 37.1 Å². The number of methoxy groups -OCH3 is 1. The van der Waals surface area contributed by atoms with E-state index in [1.165, 1.54) is 20.2 Å². The summed E-state index contributed by atoms with van der Waals surface area (Å²) >= 11 is 3.52. The van der Waals surface area contributed by atoms with Crippen molar-refractivity contribution in [2.24, 2.45) is 5.16 Å². The van der Waals surface area contributed by atoms with Gasteiger partial charge in [-0.2, -0.15) is 5.26 Å². The Labute approximate surface area is 173 Å². The largest absolute Gasteiger partial charge is 0.380 e. The third-order valence-electron chi connectivity index (χ3n) is 5.47. The number of nitrogens with zero attached hydrogens (tertiary/aromatic N) is 2. The van der Waals surface area contributed by atoms with Crippen molar-refractivity contribution < 1.29 is 14.3 Å². The third kappa shape index (κ3) is 3.58. The Hall–Kier alpha value is -1.85. The molecule has 5 nitrogen and oxygen atoms in total. The van der Waals surface area contributed by atoms with Crippen molar-refractivity contribution in [1.82, 2.24) is 0 Å². The molecular formula is C21H22N2O3S2. The highest BCUT2D eigenvalue weighted by Gasteiger charge is 2.44. The van der Waals surface area contributed by atoms with E-state index in [1.807, 2.05) is 6.07 Å². The number of thiophene rings is 1. The molecule has 0 radical (unpaired) electrons. The average Bonchev–Trinajstić information content (AvgIpc) is 3.41. The molecule has 1 aliphatic carbocycles. The average molecular weight is 415 g/mol. The number of oxime groups is 1. The van der Waals surface area contributed by atoms with Crippen LogP contribution in [0.5, 0.6) is 0 Å². The first-order valence-corrected chi connectivity index (χ1v) is 11.0. The second-order valence-electron chi connectivity index (χ2n) is 6.90. The number of ether oxygens (including phenoxy) is 2. The summed E-state index contributed by atoms with van der Waals surface area (Å²) in [6.45, 7) is 2.81. The van der Waals surface area contributed by atoms with E-state index in [2.05, 4.69) is 41.7 Å². The Morgan fingerprint density at radius 1 is 1.39 bits per heavy atom. The molecule has 7 heteroatoms. The number of aryl methyl sites for hydroxylation is 1. The molecule has 2 atom stereocenters. The zero-order valence-corrected chi connectivity index (χ0v) is 17.6. The van der Waals surface area contributed by atoms with Crippen LogP contribution in [-0.4, -0.2) is 32.1 Å². The van der Waals surface area contributed by atoms with Crippen LogP contribution in [0.25, 0.3) is 0 Å². The van der Waals surface area contributed by atoms with E-state index in [0.29, 0.717) is 0 Å². The van der Waals surface area contributed by atoms with Crippen LogP contribution in [0.15, 0.2) is 43.9 Å². The molecule has 0 unspecified atom stereocenters. The van der Waals surface area contributed by atoms with Crippen molar-refractivity contribution >= 4 is 28.8 Å². The van der Waals surface area contributed by atoms with Crippen LogP contribution >= 0.6 is 23.1 Å². The van der Waals surface area contributed by atoms with Gasteiger partial charge in [0.2, 0.25) is 6.61 Å². The second kappa shape index (κ2) is 8.26. The zero-order chi connectivity index (χ0) is 19.6. The molecule has 28 heavy (non-hydrogen) atoms. The van der Waals surface area contributed by atoms with Crippen LogP contribution in [0.1, 0.15) is 36.5 Å². The highest BCUT2D eigenvalue weighted by atomic mass is 32.2. The van der Waals surface area contributed by atoms with Gasteiger partial charge in [-0.25, -0.2) is 0 Å². The molecule has 1 fully saturated rings. The monoisotopic (exact) mass is 414 g/mol. The molecule has 2 aliphatic rings. The number of rotatable bonds is 6. The standard InChI is InChI=1S/C21H22N2O3S2/c1-14-21(24-2,7-9-25-14)16-12-20(27-13-16)28-17-4-5-18-15(11-17)3-6-19(18)23-26-10-8-22/h4-5,11-14H,3,6-7,9-10H2,1-2H3/b23-19+/t14-,21-/m1/s1. The third-order valence-corrected chi connectivity index (χ3v) is 7.54. The summed E-state index contributed by atoms with van der Waals surface area (Å²) in [5.41, 5.74) is 4.22. The normalized spacial score (nSPS) is 25.0. The van der Waals surface area contributed by atoms with Gasteiger partial charge in [-0.3, -0.25) is 0 Å². The van der Waals surface area contributed by atoms with Gasteiger partial charge in [0.1, 0.15) is 11.7 Å². The van der Waals surface area contributed by atoms with E-state index in [-0.39, 0.29) is 18.3 Å². The number of nitriles is 1. The van der Waals surface area contributed by atoms with Crippen LogP contribution in [0.4, 0.5) is 0 Å². The molecule has 4 rings (SSSR count). The van der Waals surface area contributed by atoms with Crippen molar-refractivity contribution in [3.8, 4) is 6.07 Å². The predicted octanol–water partition coefficient (Wildman–Crippen LogP) is 4.74. The summed E-state index contributed by atoms with van der Waals surface area (Å²) in [6, 6.07) is 10.6. The lowest BCUT2D eigenvalue weighted by Gasteiger charge is -2.30. The van der Waals surface area contributed by atoms with E-state index in [9.17, 15) is 0 Å². The molecule has 146 valence electrons. The Kier molecular flexibility index (Phi) is 5.74.